The average molecular weight is 363 g/mol. The van der Waals surface area contributed by atoms with E-state index in [1.807, 2.05) is 6.07 Å². The number of rotatable bonds is 3. The molecule has 0 radical (unpaired) electrons. The van der Waals surface area contributed by atoms with Gasteiger partial charge in [0, 0.05) is 18.2 Å². The second kappa shape index (κ2) is 5.52. The molecule has 2 heterocycles. The van der Waals surface area contributed by atoms with Gasteiger partial charge in [0.2, 0.25) is 5.91 Å². The third-order valence-electron chi connectivity index (χ3n) is 4.23. The zero-order valence-electron chi connectivity index (χ0n) is 13.0. The van der Waals surface area contributed by atoms with E-state index in [4.69, 9.17) is 0 Å². The molecule has 1 aliphatic carbocycles. The number of carbonyl (C=O) groups excluding carboxylic acids is 1. The number of hydrogen-bond acceptors (Lipinski definition) is 4. The van der Waals surface area contributed by atoms with Gasteiger partial charge in [-0.3, -0.25) is 9.78 Å². The van der Waals surface area contributed by atoms with Gasteiger partial charge in [0.1, 0.15) is 11.7 Å². The first-order valence-corrected chi connectivity index (χ1v) is 8.36. The van der Waals surface area contributed by atoms with Crippen molar-refractivity contribution in [2.24, 2.45) is 5.92 Å². The van der Waals surface area contributed by atoms with Gasteiger partial charge in [-0.15, -0.1) is 0 Å². The van der Waals surface area contributed by atoms with E-state index in [-0.39, 0.29) is 10.9 Å². The second-order valence-electron chi connectivity index (χ2n) is 6.00. The van der Waals surface area contributed by atoms with Crippen molar-refractivity contribution in [2.45, 2.75) is 19.3 Å². The highest BCUT2D eigenvalue weighted by atomic mass is 32.1. The molecule has 25 heavy (non-hydrogen) atoms. The SMILES string of the molecule is Cc1c(F)cncc1-c1ccc2nc(NC(=O)C3CC3(F)F)sc2c1. The minimum atomic E-state index is -2.91. The zero-order valence-corrected chi connectivity index (χ0v) is 13.8. The fraction of sp³-hybridized carbons (Fsp3) is 0.235. The number of amides is 1. The highest BCUT2D eigenvalue weighted by molar-refractivity contribution is 7.22. The van der Waals surface area contributed by atoms with Crippen molar-refractivity contribution in [3.63, 3.8) is 0 Å². The van der Waals surface area contributed by atoms with Crippen molar-refractivity contribution in [1.82, 2.24) is 9.97 Å². The average Bonchev–Trinajstić information content (AvgIpc) is 3.02. The molecule has 1 aliphatic rings. The summed E-state index contributed by atoms with van der Waals surface area (Å²) in [6.45, 7) is 1.67. The van der Waals surface area contributed by atoms with Crippen LogP contribution in [0, 0.1) is 18.7 Å². The van der Waals surface area contributed by atoms with Crippen molar-refractivity contribution in [1.29, 1.82) is 0 Å². The van der Waals surface area contributed by atoms with Crippen LogP contribution < -0.4 is 5.32 Å². The van der Waals surface area contributed by atoms with Crippen LogP contribution in [0.15, 0.2) is 30.6 Å². The maximum Gasteiger partial charge on any atom is 0.260 e. The predicted molar refractivity (Wildman–Crippen MR) is 89.2 cm³/mol. The van der Waals surface area contributed by atoms with Crippen molar-refractivity contribution in [2.75, 3.05) is 5.32 Å². The van der Waals surface area contributed by atoms with E-state index in [2.05, 4.69) is 15.3 Å². The van der Waals surface area contributed by atoms with Gasteiger partial charge in [-0.1, -0.05) is 17.4 Å². The van der Waals surface area contributed by atoms with Crippen molar-refractivity contribution < 1.29 is 18.0 Å². The molecule has 1 fully saturated rings. The highest BCUT2D eigenvalue weighted by Gasteiger charge is 2.61. The maximum atomic E-state index is 13.7. The molecular formula is C17H12F3N3OS. The number of pyridine rings is 1. The van der Waals surface area contributed by atoms with Gasteiger partial charge >= 0.3 is 0 Å². The van der Waals surface area contributed by atoms with Gasteiger partial charge in [-0.2, -0.15) is 0 Å². The number of carbonyl (C=O) groups is 1. The molecule has 1 unspecified atom stereocenters. The number of aromatic nitrogens is 2. The molecule has 4 rings (SSSR count). The first-order valence-electron chi connectivity index (χ1n) is 7.55. The van der Waals surface area contributed by atoms with Gasteiger partial charge in [-0.05, 0) is 30.2 Å². The van der Waals surface area contributed by atoms with E-state index >= 15 is 0 Å². The lowest BCUT2D eigenvalue weighted by atomic mass is 10.0. The van der Waals surface area contributed by atoms with E-state index in [0.29, 0.717) is 16.6 Å². The number of alkyl halides is 2. The van der Waals surface area contributed by atoms with Gasteiger partial charge in [0.15, 0.2) is 5.13 Å². The van der Waals surface area contributed by atoms with Crippen LogP contribution in [0.25, 0.3) is 21.3 Å². The number of benzene rings is 1. The normalized spacial score (nSPS) is 18.3. The summed E-state index contributed by atoms with van der Waals surface area (Å²) in [6, 6.07) is 5.34. The molecule has 0 bridgehead atoms. The predicted octanol–water partition coefficient (Wildman–Crippen LogP) is 4.40. The molecular weight excluding hydrogens is 351 g/mol. The van der Waals surface area contributed by atoms with E-state index in [1.165, 1.54) is 11.3 Å². The largest absolute Gasteiger partial charge is 0.302 e. The van der Waals surface area contributed by atoms with Gasteiger partial charge < -0.3 is 5.32 Å². The summed E-state index contributed by atoms with van der Waals surface area (Å²) in [5.41, 5.74) is 2.56. The minimum absolute atomic E-state index is 0.272. The Morgan fingerprint density at radius 1 is 1.36 bits per heavy atom. The Balaban J connectivity index is 1.63. The molecule has 2 aromatic heterocycles. The molecule has 128 valence electrons. The first kappa shape index (κ1) is 16.0. The van der Waals surface area contributed by atoms with Crippen molar-refractivity contribution in [3.05, 3.63) is 42.0 Å². The fourth-order valence-electron chi connectivity index (χ4n) is 2.63. The van der Waals surface area contributed by atoms with Crippen LogP contribution >= 0.6 is 11.3 Å². The number of halogens is 3. The number of nitrogens with zero attached hydrogens (tertiary/aromatic N) is 2. The Morgan fingerprint density at radius 3 is 2.84 bits per heavy atom. The molecule has 3 aromatic rings. The topological polar surface area (TPSA) is 54.9 Å². The van der Waals surface area contributed by atoms with Crippen LogP contribution in [-0.2, 0) is 4.79 Å². The van der Waals surface area contributed by atoms with Gasteiger partial charge in [-0.25, -0.2) is 18.2 Å². The lowest BCUT2D eigenvalue weighted by Gasteiger charge is -2.05. The highest BCUT2D eigenvalue weighted by Crippen LogP contribution is 2.49. The Labute approximate surface area is 144 Å². The van der Waals surface area contributed by atoms with Crippen molar-refractivity contribution >= 4 is 32.6 Å². The summed E-state index contributed by atoms with van der Waals surface area (Å²) in [4.78, 5) is 19.9. The Bertz CT molecular complexity index is 1000. The second-order valence-corrected chi connectivity index (χ2v) is 7.03. The third kappa shape index (κ3) is 2.86. The van der Waals surface area contributed by atoms with Gasteiger partial charge in [0.05, 0.1) is 16.4 Å². The maximum absolute atomic E-state index is 13.7. The Kier molecular flexibility index (Phi) is 3.54. The van der Waals surface area contributed by atoms with E-state index < -0.39 is 24.2 Å². The van der Waals surface area contributed by atoms with Crippen LogP contribution in [0.3, 0.4) is 0 Å². The summed E-state index contributed by atoms with van der Waals surface area (Å²) in [5, 5.41) is 2.72. The summed E-state index contributed by atoms with van der Waals surface area (Å²) in [6.07, 6.45) is 2.32. The quantitative estimate of drug-likeness (QED) is 0.750. The molecule has 0 aliphatic heterocycles. The summed E-state index contributed by atoms with van der Waals surface area (Å²) in [5.74, 6) is -5.28. The standard InChI is InChI=1S/C17H12F3N3OS/c1-8-10(6-21-7-12(8)18)9-2-3-13-14(4-9)25-16(22-13)23-15(24)11-5-17(11,19)20/h2-4,6-7,11H,5H2,1H3,(H,22,23,24). The summed E-state index contributed by atoms with van der Waals surface area (Å²) >= 11 is 1.19. The van der Waals surface area contributed by atoms with Crippen molar-refractivity contribution in [3.8, 4) is 11.1 Å². The number of nitrogens with one attached hydrogen (secondary N) is 1. The lowest BCUT2D eigenvalue weighted by molar-refractivity contribution is -0.119. The zero-order chi connectivity index (χ0) is 17.8. The van der Waals surface area contributed by atoms with Gasteiger partial charge in [0.25, 0.3) is 5.92 Å². The number of fused-ring (bicyclic) bond motifs is 1. The molecule has 1 aromatic carbocycles. The molecule has 1 atom stereocenters. The first-order chi connectivity index (χ1) is 11.8. The molecule has 0 saturated heterocycles. The van der Waals surface area contributed by atoms with Crippen LogP contribution in [0.5, 0.6) is 0 Å². The molecule has 0 spiro atoms. The van der Waals surface area contributed by atoms with E-state index in [0.717, 1.165) is 16.5 Å². The monoisotopic (exact) mass is 363 g/mol. The third-order valence-corrected chi connectivity index (χ3v) is 5.16. The lowest BCUT2D eigenvalue weighted by Crippen LogP contribution is -2.17. The molecule has 1 amide bonds. The number of hydrogen-bond donors (Lipinski definition) is 1. The van der Waals surface area contributed by atoms with Crippen LogP contribution in [0.1, 0.15) is 12.0 Å². The molecule has 8 heteroatoms. The van der Waals surface area contributed by atoms with E-state index in [9.17, 15) is 18.0 Å². The molecule has 1 saturated carbocycles. The smallest absolute Gasteiger partial charge is 0.260 e. The Hall–Kier alpha value is -2.48. The fourth-order valence-corrected chi connectivity index (χ4v) is 3.53. The van der Waals surface area contributed by atoms with Crippen LogP contribution in [0.4, 0.5) is 18.3 Å². The van der Waals surface area contributed by atoms with Crippen LogP contribution in [-0.4, -0.2) is 21.8 Å². The van der Waals surface area contributed by atoms with E-state index in [1.54, 1.807) is 25.3 Å². The van der Waals surface area contributed by atoms with Crippen LogP contribution in [0.2, 0.25) is 0 Å². The number of anilines is 1. The minimum Gasteiger partial charge on any atom is -0.302 e. The molecule has 4 nitrogen and oxygen atoms in total. The number of thiazole rings is 1. The Morgan fingerprint density at radius 2 is 2.12 bits per heavy atom. The molecule has 1 N–H and O–H groups in total. The summed E-state index contributed by atoms with van der Waals surface area (Å²) in [7, 11) is 0. The summed E-state index contributed by atoms with van der Waals surface area (Å²) < 4.78 is 40.4.